The van der Waals surface area contributed by atoms with E-state index in [4.69, 9.17) is 13.7 Å². The van der Waals surface area contributed by atoms with Crippen molar-refractivity contribution in [3.05, 3.63) is 60.0 Å². The van der Waals surface area contributed by atoms with Crippen molar-refractivity contribution in [3.8, 4) is 11.5 Å². The van der Waals surface area contributed by atoms with E-state index in [0.29, 0.717) is 17.2 Å². The largest absolute Gasteiger partial charge is 0.461 e. The number of hydrogen-bond donors (Lipinski definition) is 0. The minimum Gasteiger partial charge on any atom is -0.461 e. The van der Waals surface area contributed by atoms with E-state index in [1.807, 2.05) is 0 Å². The van der Waals surface area contributed by atoms with E-state index < -0.39 is 15.8 Å². The molecule has 0 aliphatic heterocycles. The molecule has 0 N–H and O–H groups in total. The van der Waals surface area contributed by atoms with Crippen LogP contribution in [0.5, 0.6) is 0 Å². The van der Waals surface area contributed by atoms with Crippen LogP contribution < -0.4 is 0 Å². The Labute approximate surface area is 144 Å². The van der Waals surface area contributed by atoms with Crippen LogP contribution in [0.2, 0.25) is 0 Å². The van der Waals surface area contributed by atoms with Crippen LogP contribution in [0.1, 0.15) is 23.0 Å². The molecular formula is C17H15NO6S. The number of sulfone groups is 1. The average molecular weight is 361 g/mol. The highest BCUT2D eigenvalue weighted by atomic mass is 32.2. The Morgan fingerprint density at radius 2 is 1.96 bits per heavy atom. The van der Waals surface area contributed by atoms with Gasteiger partial charge in [0.05, 0.1) is 22.5 Å². The number of ether oxygens (including phenoxy) is 1. The summed E-state index contributed by atoms with van der Waals surface area (Å²) in [6.45, 7) is 1.37. The lowest BCUT2D eigenvalue weighted by atomic mass is 10.2. The first-order valence-corrected chi connectivity index (χ1v) is 9.15. The molecule has 0 fully saturated rings. The van der Waals surface area contributed by atoms with E-state index in [-0.39, 0.29) is 22.8 Å². The second-order valence-electron chi connectivity index (χ2n) is 5.14. The molecule has 25 heavy (non-hydrogen) atoms. The first kappa shape index (κ1) is 17.0. The van der Waals surface area contributed by atoms with Crippen LogP contribution in [0.4, 0.5) is 0 Å². The second kappa shape index (κ2) is 6.94. The minimum absolute atomic E-state index is 0.000831. The van der Waals surface area contributed by atoms with Crippen molar-refractivity contribution >= 4 is 15.8 Å². The summed E-state index contributed by atoms with van der Waals surface area (Å²) >= 11 is 0. The Balaban J connectivity index is 1.74. The predicted octanol–water partition coefficient (Wildman–Crippen LogP) is 3.09. The summed E-state index contributed by atoms with van der Waals surface area (Å²) < 4.78 is 39.6. The predicted molar refractivity (Wildman–Crippen MR) is 87.5 cm³/mol. The van der Waals surface area contributed by atoms with Crippen LogP contribution in [0.15, 0.2) is 62.6 Å². The summed E-state index contributed by atoms with van der Waals surface area (Å²) in [7, 11) is -3.53. The van der Waals surface area contributed by atoms with E-state index >= 15 is 0 Å². The van der Waals surface area contributed by atoms with Crippen molar-refractivity contribution in [2.75, 3.05) is 5.75 Å². The molecule has 0 unspecified atom stereocenters. The average Bonchev–Trinajstić information content (AvgIpc) is 3.31. The van der Waals surface area contributed by atoms with Crippen LogP contribution in [0, 0.1) is 0 Å². The van der Waals surface area contributed by atoms with Gasteiger partial charge in [0, 0.05) is 6.07 Å². The zero-order chi connectivity index (χ0) is 17.9. The monoisotopic (exact) mass is 361 g/mol. The van der Waals surface area contributed by atoms with Gasteiger partial charge >= 0.3 is 5.97 Å². The summed E-state index contributed by atoms with van der Waals surface area (Å²) in [4.78, 5) is 12.2. The van der Waals surface area contributed by atoms with Gasteiger partial charge in [0.15, 0.2) is 15.6 Å². The van der Waals surface area contributed by atoms with Crippen LogP contribution in [-0.2, 0) is 21.2 Å². The summed E-state index contributed by atoms with van der Waals surface area (Å²) in [5, 5.41) is 3.79. The maximum absolute atomic E-state index is 12.3. The molecule has 0 spiro atoms. The molecule has 0 amide bonds. The molecule has 0 saturated heterocycles. The third-order valence-electron chi connectivity index (χ3n) is 3.50. The molecule has 0 aliphatic carbocycles. The Hall–Kier alpha value is -2.87. The lowest BCUT2D eigenvalue weighted by Gasteiger charge is -2.08. The van der Waals surface area contributed by atoms with Gasteiger partial charge in [-0.1, -0.05) is 24.2 Å². The van der Waals surface area contributed by atoms with Gasteiger partial charge in [-0.15, -0.1) is 0 Å². The molecule has 3 rings (SSSR count). The van der Waals surface area contributed by atoms with Gasteiger partial charge in [-0.2, -0.15) is 0 Å². The second-order valence-corrected chi connectivity index (χ2v) is 7.38. The fourth-order valence-electron chi connectivity index (χ4n) is 2.19. The topological polar surface area (TPSA) is 99.6 Å². The fraction of sp³-hybridized carbons (Fsp3) is 0.176. The SMILES string of the molecule is CCS(=O)(=O)c1ccccc1C(=O)OCc1cc(-c2ccco2)on1. The minimum atomic E-state index is -3.53. The van der Waals surface area contributed by atoms with E-state index in [0.717, 1.165) is 0 Å². The number of carbonyl (C=O) groups is 1. The number of esters is 1. The summed E-state index contributed by atoms with van der Waals surface area (Å²) in [6, 6.07) is 11.0. The lowest BCUT2D eigenvalue weighted by Crippen LogP contribution is -2.13. The van der Waals surface area contributed by atoms with Crippen LogP contribution >= 0.6 is 0 Å². The van der Waals surface area contributed by atoms with Crippen molar-refractivity contribution in [2.45, 2.75) is 18.4 Å². The van der Waals surface area contributed by atoms with Gasteiger partial charge < -0.3 is 13.7 Å². The molecule has 3 aromatic rings. The summed E-state index contributed by atoms with van der Waals surface area (Å²) in [5.41, 5.74) is 0.384. The number of furan rings is 1. The molecule has 8 heteroatoms. The summed E-state index contributed by atoms with van der Waals surface area (Å²) in [5.74, 6) is 0.0669. The van der Waals surface area contributed by atoms with Crippen molar-refractivity contribution in [1.82, 2.24) is 5.16 Å². The molecular weight excluding hydrogens is 346 g/mol. The first-order valence-electron chi connectivity index (χ1n) is 7.49. The van der Waals surface area contributed by atoms with E-state index in [1.165, 1.54) is 25.3 Å². The molecule has 7 nitrogen and oxygen atoms in total. The highest BCUT2D eigenvalue weighted by molar-refractivity contribution is 7.91. The number of carbonyl (C=O) groups excluding carboxylic acids is 1. The molecule has 2 heterocycles. The van der Waals surface area contributed by atoms with Crippen molar-refractivity contribution in [1.29, 1.82) is 0 Å². The van der Waals surface area contributed by atoms with Crippen LogP contribution in [-0.4, -0.2) is 25.3 Å². The number of rotatable bonds is 6. The zero-order valence-electron chi connectivity index (χ0n) is 13.3. The standard InChI is InChI=1S/C17H15NO6S/c1-2-25(20,21)16-8-4-3-6-13(16)17(19)23-11-12-10-15(24-18-12)14-7-5-9-22-14/h3-10H,2,11H2,1H3. The van der Waals surface area contributed by atoms with Gasteiger partial charge in [-0.25, -0.2) is 13.2 Å². The molecule has 2 aromatic heterocycles. The highest BCUT2D eigenvalue weighted by Gasteiger charge is 2.22. The molecule has 0 saturated carbocycles. The molecule has 0 radical (unpaired) electrons. The Morgan fingerprint density at radius 1 is 1.16 bits per heavy atom. The molecule has 0 bridgehead atoms. The van der Waals surface area contributed by atoms with Crippen molar-refractivity contribution < 1.29 is 26.9 Å². The van der Waals surface area contributed by atoms with Crippen LogP contribution in [0.3, 0.4) is 0 Å². The lowest BCUT2D eigenvalue weighted by molar-refractivity contribution is 0.0459. The fourth-order valence-corrected chi connectivity index (χ4v) is 3.28. The van der Waals surface area contributed by atoms with Gasteiger partial charge in [-0.05, 0) is 24.3 Å². The molecule has 0 aliphatic rings. The number of hydrogen-bond acceptors (Lipinski definition) is 7. The zero-order valence-corrected chi connectivity index (χ0v) is 14.2. The van der Waals surface area contributed by atoms with Gasteiger partial charge in [0.25, 0.3) is 0 Å². The van der Waals surface area contributed by atoms with E-state index in [1.54, 1.807) is 30.3 Å². The van der Waals surface area contributed by atoms with Gasteiger partial charge in [0.2, 0.25) is 5.76 Å². The quantitative estimate of drug-likeness (QED) is 0.622. The molecule has 1 aromatic carbocycles. The number of aromatic nitrogens is 1. The maximum Gasteiger partial charge on any atom is 0.339 e. The normalized spacial score (nSPS) is 11.4. The molecule has 0 atom stereocenters. The summed E-state index contributed by atoms with van der Waals surface area (Å²) in [6.07, 6.45) is 1.50. The molecule has 130 valence electrons. The van der Waals surface area contributed by atoms with Crippen molar-refractivity contribution in [3.63, 3.8) is 0 Å². The Morgan fingerprint density at radius 3 is 2.68 bits per heavy atom. The van der Waals surface area contributed by atoms with Crippen LogP contribution in [0.25, 0.3) is 11.5 Å². The third-order valence-corrected chi connectivity index (χ3v) is 5.28. The van der Waals surface area contributed by atoms with Crippen molar-refractivity contribution in [2.24, 2.45) is 0 Å². The van der Waals surface area contributed by atoms with E-state index in [9.17, 15) is 13.2 Å². The van der Waals surface area contributed by atoms with Gasteiger partial charge in [-0.3, -0.25) is 0 Å². The smallest absolute Gasteiger partial charge is 0.339 e. The first-order chi connectivity index (χ1) is 12.0. The van der Waals surface area contributed by atoms with E-state index in [2.05, 4.69) is 5.16 Å². The highest BCUT2D eigenvalue weighted by Crippen LogP contribution is 2.22. The maximum atomic E-state index is 12.3. The Bertz CT molecular complexity index is 972. The number of benzene rings is 1. The number of nitrogens with zero attached hydrogens (tertiary/aromatic N) is 1. The third kappa shape index (κ3) is 3.63. The Kier molecular flexibility index (Phi) is 4.71. The van der Waals surface area contributed by atoms with Gasteiger partial charge in [0.1, 0.15) is 12.3 Å².